The monoisotopic (exact) mass is 399 g/mol. The van der Waals surface area contributed by atoms with Crippen LogP contribution in [-0.2, 0) is 21.7 Å². The largest absolute Gasteiger partial charge is 0.454 e. The van der Waals surface area contributed by atoms with E-state index in [-0.39, 0.29) is 13.3 Å². The van der Waals surface area contributed by atoms with Gasteiger partial charge in [0.2, 0.25) is 12.7 Å². The number of imide groups is 1. The number of halogens is 1. The number of hydrogen-bond donors (Lipinski definition) is 2. The molecule has 0 saturated carbocycles. The lowest BCUT2D eigenvalue weighted by Gasteiger charge is -2.22. The molecule has 2 heterocycles. The minimum atomic E-state index is -1.34. The van der Waals surface area contributed by atoms with Crippen LogP contribution in [0.5, 0.6) is 11.5 Å². The summed E-state index contributed by atoms with van der Waals surface area (Å²) in [6, 6.07) is 10.3. The molecule has 29 heavy (non-hydrogen) atoms. The molecule has 1 saturated heterocycles. The summed E-state index contributed by atoms with van der Waals surface area (Å²) in [6.45, 7) is 1.12. The zero-order valence-electron chi connectivity index (χ0n) is 15.5. The fourth-order valence-electron chi connectivity index (χ4n) is 3.28. The van der Waals surface area contributed by atoms with Crippen molar-refractivity contribution < 1.29 is 28.2 Å². The summed E-state index contributed by atoms with van der Waals surface area (Å²) in [4.78, 5) is 38.4. The summed E-state index contributed by atoms with van der Waals surface area (Å²) in [7, 11) is 0. The van der Waals surface area contributed by atoms with Gasteiger partial charge < -0.3 is 20.1 Å². The third-order valence-corrected chi connectivity index (χ3v) is 4.96. The molecular weight excluding hydrogens is 381 g/mol. The van der Waals surface area contributed by atoms with E-state index in [9.17, 15) is 18.8 Å². The predicted molar refractivity (Wildman–Crippen MR) is 98.4 cm³/mol. The van der Waals surface area contributed by atoms with Crippen LogP contribution in [0.3, 0.4) is 0 Å². The first-order valence-electron chi connectivity index (χ1n) is 8.93. The van der Waals surface area contributed by atoms with E-state index in [0.717, 1.165) is 4.90 Å². The quantitative estimate of drug-likeness (QED) is 0.745. The molecule has 9 heteroatoms. The fraction of sp³-hybridized carbons (Fsp3) is 0.250. The minimum absolute atomic E-state index is 0.0470. The Morgan fingerprint density at radius 1 is 1.21 bits per heavy atom. The zero-order valence-corrected chi connectivity index (χ0v) is 15.5. The van der Waals surface area contributed by atoms with E-state index < -0.39 is 35.7 Å². The van der Waals surface area contributed by atoms with Crippen molar-refractivity contribution in [1.82, 2.24) is 15.5 Å². The van der Waals surface area contributed by atoms with Gasteiger partial charge in [0.1, 0.15) is 17.9 Å². The van der Waals surface area contributed by atoms with Crippen molar-refractivity contribution in [2.24, 2.45) is 0 Å². The van der Waals surface area contributed by atoms with Crippen LogP contribution in [0.15, 0.2) is 42.5 Å². The van der Waals surface area contributed by atoms with Gasteiger partial charge in [0.25, 0.3) is 5.91 Å². The van der Waals surface area contributed by atoms with Crippen LogP contribution in [0, 0.1) is 5.82 Å². The Morgan fingerprint density at radius 3 is 2.76 bits per heavy atom. The van der Waals surface area contributed by atoms with Gasteiger partial charge in [-0.1, -0.05) is 24.3 Å². The van der Waals surface area contributed by atoms with E-state index >= 15 is 0 Å². The predicted octanol–water partition coefficient (Wildman–Crippen LogP) is 1.64. The number of hydrogen-bond acceptors (Lipinski definition) is 5. The molecule has 4 amide bonds. The number of nitrogens with one attached hydrogen (secondary N) is 2. The molecule has 0 unspecified atom stereocenters. The highest BCUT2D eigenvalue weighted by molar-refractivity contribution is 6.09. The second-order valence-corrected chi connectivity index (χ2v) is 6.88. The maximum Gasteiger partial charge on any atom is 0.325 e. The summed E-state index contributed by atoms with van der Waals surface area (Å²) >= 11 is 0. The van der Waals surface area contributed by atoms with E-state index in [4.69, 9.17) is 9.47 Å². The Hall–Kier alpha value is -3.62. The maximum absolute atomic E-state index is 13.7. The number of carbonyl (C=O) groups is 3. The number of amides is 4. The standard InChI is InChI=1S/C20H18FN3O5/c1-20(13-6-7-15-16(8-13)29-11-28-15)18(26)24(19(27)23-20)10-17(25)22-9-12-4-2-3-5-14(12)21/h2-8H,9-11H2,1H3,(H,22,25)(H,23,27)/t20-/m0/s1. The Bertz CT molecular complexity index is 1010. The van der Waals surface area contributed by atoms with Crippen LogP contribution in [0.4, 0.5) is 9.18 Å². The zero-order chi connectivity index (χ0) is 20.6. The van der Waals surface area contributed by atoms with Crippen LogP contribution in [0.25, 0.3) is 0 Å². The third kappa shape index (κ3) is 3.35. The van der Waals surface area contributed by atoms with Crippen molar-refractivity contribution in [2.75, 3.05) is 13.3 Å². The fourth-order valence-corrected chi connectivity index (χ4v) is 3.28. The van der Waals surface area contributed by atoms with Gasteiger partial charge in [0, 0.05) is 12.1 Å². The van der Waals surface area contributed by atoms with Gasteiger partial charge in [-0.25, -0.2) is 9.18 Å². The highest BCUT2D eigenvalue weighted by Crippen LogP contribution is 2.37. The highest BCUT2D eigenvalue weighted by atomic mass is 19.1. The van der Waals surface area contributed by atoms with Crippen molar-refractivity contribution in [1.29, 1.82) is 0 Å². The molecule has 0 radical (unpaired) electrons. The highest BCUT2D eigenvalue weighted by Gasteiger charge is 2.49. The molecule has 4 rings (SSSR count). The molecule has 1 atom stereocenters. The second-order valence-electron chi connectivity index (χ2n) is 6.88. The van der Waals surface area contributed by atoms with Crippen molar-refractivity contribution in [3.8, 4) is 11.5 Å². The number of nitrogens with zero attached hydrogens (tertiary/aromatic N) is 1. The number of carbonyl (C=O) groups excluding carboxylic acids is 3. The molecule has 2 aliphatic heterocycles. The smallest absolute Gasteiger partial charge is 0.325 e. The van der Waals surface area contributed by atoms with Gasteiger partial charge in [-0.05, 0) is 30.7 Å². The van der Waals surface area contributed by atoms with Crippen molar-refractivity contribution in [2.45, 2.75) is 19.0 Å². The number of benzene rings is 2. The first kappa shape index (κ1) is 18.7. The van der Waals surface area contributed by atoms with E-state index in [2.05, 4.69) is 10.6 Å². The number of rotatable bonds is 5. The summed E-state index contributed by atoms with van der Waals surface area (Å²) in [5.74, 6) is -0.558. The number of ether oxygens (including phenoxy) is 2. The van der Waals surface area contributed by atoms with Gasteiger partial charge in [-0.3, -0.25) is 14.5 Å². The van der Waals surface area contributed by atoms with E-state index in [1.807, 2.05) is 0 Å². The molecule has 0 aromatic heterocycles. The first-order valence-corrected chi connectivity index (χ1v) is 8.93. The number of urea groups is 1. The van der Waals surface area contributed by atoms with Gasteiger partial charge >= 0.3 is 6.03 Å². The van der Waals surface area contributed by atoms with E-state index in [1.165, 1.54) is 6.07 Å². The van der Waals surface area contributed by atoms with Crippen LogP contribution in [0.2, 0.25) is 0 Å². The van der Waals surface area contributed by atoms with Crippen LogP contribution in [0.1, 0.15) is 18.1 Å². The van der Waals surface area contributed by atoms with Gasteiger partial charge in [0.15, 0.2) is 11.5 Å². The molecule has 150 valence electrons. The van der Waals surface area contributed by atoms with Crippen LogP contribution in [-0.4, -0.2) is 36.1 Å². The molecule has 1 fully saturated rings. The normalized spacial score (nSPS) is 20.0. The van der Waals surface area contributed by atoms with Crippen molar-refractivity contribution in [3.63, 3.8) is 0 Å². The first-order chi connectivity index (χ1) is 13.9. The van der Waals surface area contributed by atoms with Gasteiger partial charge in [-0.15, -0.1) is 0 Å². The van der Waals surface area contributed by atoms with Crippen LogP contribution < -0.4 is 20.1 Å². The topological polar surface area (TPSA) is 97.0 Å². The lowest BCUT2D eigenvalue weighted by atomic mass is 9.91. The maximum atomic E-state index is 13.7. The Labute approximate surface area is 165 Å². The molecule has 2 aromatic rings. The van der Waals surface area contributed by atoms with Crippen molar-refractivity contribution >= 4 is 17.8 Å². The molecule has 0 aliphatic carbocycles. The number of fused-ring (bicyclic) bond motifs is 1. The molecule has 0 spiro atoms. The average Bonchev–Trinajstić information content (AvgIpc) is 3.26. The minimum Gasteiger partial charge on any atom is -0.454 e. The Kier molecular flexibility index (Phi) is 4.57. The summed E-state index contributed by atoms with van der Waals surface area (Å²) in [6.07, 6.45) is 0. The lowest BCUT2D eigenvalue weighted by molar-refractivity contribution is -0.134. The summed E-state index contributed by atoms with van der Waals surface area (Å²) in [5.41, 5.74) is -0.526. The molecule has 0 bridgehead atoms. The third-order valence-electron chi connectivity index (χ3n) is 4.96. The van der Waals surface area contributed by atoms with Gasteiger partial charge in [0.05, 0.1) is 0 Å². The molecule has 2 aromatic carbocycles. The SMILES string of the molecule is C[C@@]1(c2ccc3c(c2)OCO3)NC(=O)N(CC(=O)NCc2ccccc2F)C1=O. The van der Waals surface area contributed by atoms with E-state index in [0.29, 0.717) is 22.6 Å². The van der Waals surface area contributed by atoms with Gasteiger partial charge in [-0.2, -0.15) is 0 Å². The summed E-state index contributed by atoms with van der Waals surface area (Å²) < 4.78 is 24.2. The lowest BCUT2D eigenvalue weighted by Crippen LogP contribution is -2.43. The average molecular weight is 399 g/mol. The molecule has 8 nitrogen and oxygen atoms in total. The second kappa shape index (κ2) is 7.08. The molecule has 2 N–H and O–H groups in total. The van der Waals surface area contributed by atoms with Crippen molar-refractivity contribution in [3.05, 3.63) is 59.4 Å². The Balaban J connectivity index is 1.45. The van der Waals surface area contributed by atoms with Crippen LogP contribution >= 0.6 is 0 Å². The summed E-state index contributed by atoms with van der Waals surface area (Å²) in [5, 5.41) is 5.15. The molecule has 2 aliphatic rings. The molecular formula is C20H18FN3O5. The van der Waals surface area contributed by atoms with E-state index in [1.54, 1.807) is 43.3 Å². The Morgan fingerprint density at radius 2 is 1.97 bits per heavy atom.